The van der Waals surface area contributed by atoms with Gasteiger partial charge in [0.2, 0.25) is 0 Å². The Bertz CT molecular complexity index is 1030. The van der Waals surface area contributed by atoms with Gasteiger partial charge in [-0.25, -0.2) is 0 Å². The van der Waals surface area contributed by atoms with E-state index in [-0.39, 0.29) is 17.7 Å². The van der Waals surface area contributed by atoms with Gasteiger partial charge in [0.1, 0.15) is 5.75 Å². The third-order valence-corrected chi connectivity index (χ3v) is 5.83. The standard InChI is InChI=1S/C25H26F2N4O2/c26-25(27)33-23-8-2-1-6-21(23)18-30-13-9-22(10-14-30)31(17-19-5-3-11-28-15-19)24(32)20-7-4-12-29-16-20/h1-8,11-12,15-16,22,25H,9-10,13-14,17-18H2. The molecule has 0 N–H and O–H groups in total. The van der Waals surface area contributed by atoms with E-state index < -0.39 is 6.61 Å². The highest BCUT2D eigenvalue weighted by molar-refractivity contribution is 5.94. The number of carbonyl (C=O) groups is 1. The lowest BCUT2D eigenvalue weighted by Gasteiger charge is -2.38. The fourth-order valence-electron chi connectivity index (χ4n) is 4.19. The second-order valence-corrected chi connectivity index (χ2v) is 8.03. The van der Waals surface area contributed by atoms with Crippen LogP contribution in [-0.2, 0) is 13.1 Å². The van der Waals surface area contributed by atoms with Gasteiger partial charge in [-0.05, 0) is 42.7 Å². The zero-order valence-electron chi connectivity index (χ0n) is 18.2. The zero-order valence-corrected chi connectivity index (χ0v) is 18.2. The molecule has 1 fully saturated rings. The van der Waals surface area contributed by atoms with Crippen LogP contribution in [-0.4, -0.2) is 51.4 Å². The maximum atomic E-state index is 13.3. The maximum Gasteiger partial charge on any atom is 0.387 e. The van der Waals surface area contributed by atoms with Crippen LogP contribution in [0.25, 0.3) is 0 Å². The average molecular weight is 453 g/mol. The lowest BCUT2D eigenvalue weighted by molar-refractivity contribution is -0.0508. The second kappa shape index (κ2) is 11.0. The summed E-state index contributed by atoms with van der Waals surface area (Å²) in [4.78, 5) is 25.7. The van der Waals surface area contributed by atoms with Crippen molar-refractivity contribution in [1.82, 2.24) is 19.8 Å². The molecule has 33 heavy (non-hydrogen) atoms. The number of para-hydroxylation sites is 1. The number of alkyl halides is 2. The summed E-state index contributed by atoms with van der Waals surface area (Å²) in [6, 6.07) is 14.3. The molecule has 1 aliphatic rings. The fraction of sp³-hybridized carbons (Fsp3) is 0.320. The Morgan fingerprint density at radius 2 is 1.76 bits per heavy atom. The van der Waals surface area contributed by atoms with Gasteiger partial charge in [0.05, 0.1) is 5.56 Å². The summed E-state index contributed by atoms with van der Waals surface area (Å²) in [6.07, 6.45) is 8.29. The molecule has 0 aliphatic carbocycles. The minimum absolute atomic E-state index is 0.0546. The van der Waals surface area contributed by atoms with E-state index in [1.165, 1.54) is 0 Å². The van der Waals surface area contributed by atoms with Crippen LogP contribution in [0.15, 0.2) is 73.3 Å². The van der Waals surface area contributed by atoms with E-state index >= 15 is 0 Å². The number of aromatic nitrogens is 2. The summed E-state index contributed by atoms with van der Waals surface area (Å²) in [5.74, 6) is 0.153. The molecule has 0 radical (unpaired) electrons. The van der Waals surface area contributed by atoms with Gasteiger partial charge in [-0.3, -0.25) is 19.7 Å². The Morgan fingerprint density at radius 1 is 1.03 bits per heavy atom. The monoisotopic (exact) mass is 452 g/mol. The molecule has 3 heterocycles. The quantitative estimate of drug-likeness (QED) is 0.508. The van der Waals surface area contributed by atoms with Crippen LogP contribution >= 0.6 is 0 Å². The minimum Gasteiger partial charge on any atom is -0.434 e. The van der Waals surface area contributed by atoms with Crippen molar-refractivity contribution in [2.75, 3.05) is 13.1 Å². The van der Waals surface area contributed by atoms with Crippen LogP contribution in [0.5, 0.6) is 5.75 Å². The molecule has 1 saturated heterocycles. The third-order valence-electron chi connectivity index (χ3n) is 5.83. The number of nitrogens with zero attached hydrogens (tertiary/aromatic N) is 4. The van der Waals surface area contributed by atoms with Crippen molar-refractivity contribution in [3.05, 3.63) is 90.0 Å². The van der Waals surface area contributed by atoms with Gasteiger partial charge in [-0.1, -0.05) is 24.3 Å². The normalized spacial score (nSPS) is 14.9. The molecule has 0 spiro atoms. The largest absolute Gasteiger partial charge is 0.434 e. The molecule has 6 nitrogen and oxygen atoms in total. The molecule has 0 unspecified atom stereocenters. The Balaban J connectivity index is 1.44. The Kier molecular flexibility index (Phi) is 7.57. The van der Waals surface area contributed by atoms with Crippen LogP contribution < -0.4 is 4.74 Å². The van der Waals surface area contributed by atoms with E-state index in [1.54, 1.807) is 49.1 Å². The summed E-state index contributed by atoms with van der Waals surface area (Å²) in [5, 5.41) is 0. The number of benzene rings is 1. The lowest BCUT2D eigenvalue weighted by Crippen LogP contribution is -2.47. The molecular weight excluding hydrogens is 426 g/mol. The van der Waals surface area contributed by atoms with Crippen molar-refractivity contribution < 1.29 is 18.3 Å². The predicted octanol–water partition coefficient (Wildman–Crippen LogP) is 4.39. The first-order valence-electron chi connectivity index (χ1n) is 10.9. The van der Waals surface area contributed by atoms with Crippen LogP contribution in [0.3, 0.4) is 0 Å². The number of ether oxygens (including phenoxy) is 1. The Labute approximate surface area is 191 Å². The number of pyridine rings is 2. The second-order valence-electron chi connectivity index (χ2n) is 8.03. The van der Waals surface area contributed by atoms with Crippen molar-refractivity contribution in [2.45, 2.75) is 38.6 Å². The van der Waals surface area contributed by atoms with Gasteiger partial charge >= 0.3 is 6.61 Å². The highest BCUT2D eigenvalue weighted by atomic mass is 19.3. The van der Waals surface area contributed by atoms with E-state index in [9.17, 15) is 13.6 Å². The summed E-state index contributed by atoms with van der Waals surface area (Å²) >= 11 is 0. The fourth-order valence-corrected chi connectivity index (χ4v) is 4.19. The first-order chi connectivity index (χ1) is 16.1. The smallest absolute Gasteiger partial charge is 0.387 e. The number of carbonyl (C=O) groups excluding carboxylic acids is 1. The van der Waals surface area contributed by atoms with Crippen LogP contribution in [0.4, 0.5) is 8.78 Å². The zero-order chi connectivity index (χ0) is 23.0. The average Bonchev–Trinajstić information content (AvgIpc) is 2.85. The van der Waals surface area contributed by atoms with Crippen LogP contribution in [0, 0.1) is 0 Å². The summed E-state index contributed by atoms with van der Waals surface area (Å²) in [7, 11) is 0. The number of hydrogen-bond acceptors (Lipinski definition) is 5. The van der Waals surface area contributed by atoms with Gasteiger partial charge < -0.3 is 9.64 Å². The molecule has 1 aromatic carbocycles. The van der Waals surface area contributed by atoms with Crippen molar-refractivity contribution in [3.8, 4) is 5.75 Å². The number of piperidine rings is 1. The topological polar surface area (TPSA) is 58.6 Å². The maximum absolute atomic E-state index is 13.3. The van der Waals surface area contributed by atoms with Crippen LogP contribution in [0.2, 0.25) is 0 Å². The lowest BCUT2D eigenvalue weighted by atomic mass is 10.0. The van der Waals surface area contributed by atoms with Gasteiger partial charge in [-0.15, -0.1) is 0 Å². The van der Waals surface area contributed by atoms with Gasteiger partial charge in [0.15, 0.2) is 0 Å². The number of rotatable bonds is 8. The van der Waals surface area contributed by atoms with Crippen LogP contribution in [0.1, 0.15) is 34.3 Å². The van der Waals surface area contributed by atoms with E-state index in [1.807, 2.05) is 29.2 Å². The number of likely N-dealkylation sites (tertiary alicyclic amines) is 1. The van der Waals surface area contributed by atoms with E-state index in [2.05, 4.69) is 19.6 Å². The minimum atomic E-state index is -2.85. The number of hydrogen-bond donors (Lipinski definition) is 0. The van der Waals surface area contributed by atoms with E-state index in [0.29, 0.717) is 18.7 Å². The van der Waals surface area contributed by atoms with Crippen molar-refractivity contribution in [3.63, 3.8) is 0 Å². The van der Waals surface area contributed by atoms with E-state index in [0.717, 1.165) is 37.1 Å². The molecule has 1 amide bonds. The number of amides is 1. The third kappa shape index (κ3) is 6.10. The van der Waals surface area contributed by atoms with Crippen molar-refractivity contribution >= 4 is 5.91 Å². The Morgan fingerprint density at radius 3 is 2.42 bits per heavy atom. The van der Waals surface area contributed by atoms with Crippen molar-refractivity contribution in [2.24, 2.45) is 0 Å². The summed E-state index contributed by atoms with van der Waals surface area (Å²) in [5.41, 5.74) is 2.26. The number of halogens is 2. The molecule has 0 atom stereocenters. The summed E-state index contributed by atoms with van der Waals surface area (Å²) in [6.45, 7) is -0.363. The first kappa shape index (κ1) is 22.8. The van der Waals surface area contributed by atoms with Gasteiger partial charge in [0, 0.05) is 62.6 Å². The Hall–Kier alpha value is -3.39. The first-order valence-corrected chi connectivity index (χ1v) is 10.9. The van der Waals surface area contributed by atoms with Gasteiger partial charge in [0.25, 0.3) is 5.91 Å². The van der Waals surface area contributed by atoms with E-state index in [4.69, 9.17) is 0 Å². The molecule has 0 bridgehead atoms. The molecule has 2 aromatic heterocycles. The summed E-state index contributed by atoms with van der Waals surface area (Å²) < 4.78 is 30.1. The highest BCUT2D eigenvalue weighted by Gasteiger charge is 2.29. The predicted molar refractivity (Wildman–Crippen MR) is 120 cm³/mol. The SMILES string of the molecule is O=C(c1cccnc1)N(Cc1cccnc1)C1CCN(Cc2ccccc2OC(F)F)CC1. The molecule has 3 aromatic rings. The van der Waals surface area contributed by atoms with Crippen molar-refractivity contribution in [1.29, 1.82) is 0 Å². The molecule has 1 aliphatic heterocycles. The molecule has 4 rings (SSSR count). The van der Waals surface area contributed by atoms with Gasteiger partial charge in [-0.2, -0.15) is 8.78 Å². The molecule has 0 saturated carbocycles. The molecular formula is C25H26F2N4O2. The highest BCUT2D eigenvalue weighted by Crippen LogP contribution is 2.26. The molecule has 8 heteroatoms. The molecule has 172 valence electrons.